The summed E-state index contributed by atoms with van der Waals surface area (Å²) in [6, 6.07) is 13.1. The van der Waals surface area contributed by atoms with Gasteiger partial charge in [-0.1, -0.05) is 36.4 Å². The van der Waals surface area contributed by atoms with E-state index in [9.17, 15) is 8.78 Å². The van der Waals surface area contributed by atoms with Crippen LogP contribution in [0.5, 0.6) is 0 Å². The average Bonchev–Trinajstić information content (AvgIpc) is 2.39. The second-order valence-electron chi connectivity index (χ2n) is 4.35. The second kappa shape index (κ2) is 4.33. The SMILES string of the molecule is FC1=NC(c2ccc(F)cc2)Cc2ccccc21. The number of hydrogen-bond acceptors (Lipinski definition) is 1. The highest BCUT2D eigenvalue weighted by Gasteiger charge is 2.21. The molecular weight excluding hydrogens is 232 g/mol. The maximum atomic E-state index is 13.9. The number of rotatable bonds is 1. The molecule has 0 aliphatic carbocycles. The highest BCUT2D eigenvalue weighted by Crippen LogP contribution is 2.30. The zero-order valence-electron chi connectivity index (χ0n) is 9.61. The normalized spacial score (nSPS) is 18.1. The minimum atomic E-state index is -0.439. The van der Waals surface area contributed by atoms with Gasteiger partial charge in [0.15, 0.2) is 0 Å². The van der Waals surface area contributed by atoms with Crippen LogP contribution in [0.1, 0.15) is 22.7 Å². The molecule has 0 bridgehead atoms. The van der Waals surface area contributed by atoms with Gasteiger partial charge in [0.05, 0.1) is 6.04 Å². The van der Waals surface area contributed by atoms with Gasteiger partial charge in [-0.05, 0) is 29.7 Å². The molecule has 1 nitrogen and oxygen atoms in total. The number of aliphatic imine (C=N–C) groups is 1. The Bertz CT molecular complexity index is 602. The maximum Gasteiger partial charge on any atom is 0.216 e. The molecule has 18 heavy (non-hydrogen) atoms. The molecule has 0 N–H and O–H groups in total. The fraction of sp³-hybridized carbons (Fsp3) is 0.133. The highest BCUT2D eigenvalue weighted by atomic mass is 19.1. The van der Waals surface area contributed by atoms with Crippen molar-refractivity contribution in [3.8, 4) is 0 Å². The summed E-state index contributed by atoms with van der Waals surface area (Å²) in [7, 11) is 0. The summed E-state index contributed by atoms with van der Waals surface area (Å²) in [5.41, 5.74) is 2.34. The molecule has 1 unspecified atom stereocenters. The van der Waals surface area contributed by atoms with Crippen LogP contribution in [-0.4, -0.2) is 5.97 Å². The molecule has 0 radical (unpaired) electrons. The summed E-state index contributed by atoms with van der Waals surface area (Å²) >= 11 is 0. The highest BCUT2D eigenvalue weighted by molar-refractivity contribution is 5.95. The quantitative estimate of drug-likeness (QED) is 0.721. The lowest BCUT2D eigenvalue weighted by Crippen LogP contribution is -2.13. The molecule has 0 aromatic heterocycles. The van der Waals surface area contributed by atoms with E-state index in [1.54, 1.807) is 24.3 Å². The lowest BCUT2D eigenvalue weighted by molar-refractivity contribution is 0.622. The van der Waals surface area contributed by atoms with Crippen LogP contribution in [0, 0.1) is 5.82 Å². The molecule has 1 aliphatic heterocycles. The minimum Gasteiger partial charge on any atom is -0.249 e. The summed E-state index contributed by atoms with van der Waals surface area (Å²) in [5.74, 6) is -0.731. The van der Waals surface area contributed by atoms with Crippen molar-refractivity contribution in [3.05, 3.63) is 71.0 Å². The fourth-order valence-electron chi connectivity index (χ4n) is 2.24. The molecule has 1 heterocycles. The molecule has 1 aliphatic rings. The number of nitrogens with zero attached hydrogens (tertiary/aromatic N) is 1. The maximum absolute atomic E-state index is 13.9. The van der Waals surface area contributed by atoms with Crippen LogP contribution in [0.15, 0.2) is 53.5 Å². The first-order valence-corrected chi connectivity index (χ1v) is 5.81. The first-order valence-electron chi connectivity index (χ1n) is 5.81. The van der Waals surface area contributed by atoms with E-state index in [-0.39, 0.29) is 11.9 Å². The standard InChI is InChI=1S/C15H11F2N/c16-12-7-5-10(6-8-12)14-9-11-3-1-2-4-13(11)15(17)18-14/h1-8,14H,9H2. The molecule has 90 valence electrons. The fourth-order valence-corrected chi connectivity index (χ4v) is 2.24. The monoisotopic (exact) mass is 243 g/mol. The van der Waals surface area contributed by atoms with Crippen molar-refractivity contribution in [2.75, 3.05) is 0 Å². The van der Waals surface area contributed by atoms with Gasteiger partial charge in [0, 0.05) is 5.56 Å². The predicted octanol–water partition coefficient (Wildman–Crippen LogP) is 3.84. The molecule has 3 rings (SSSR count). The number of benzene rings is 2. The van der Waals surface area contributed by atoms with Crippen molar-refractivity contribution in [1.82, 2.24) is 0 Å². The molecule has 1 atom stereocenters. The molecule has 0 spiro atoms. The number of fused-ring (bicyclic) bond motifs is 1. The van der Waals surface area contributed by atoms with E-state index in [1.165, 1.54) is 12.1 Å². The average molecular weight is 243 g/mol. The van der Waals surface area contributed by atoms with Gasteiger partial charge in [-0.3, -0.25) is 0 Å². The Morgan fingerprint density at radius 1 is 0.944 bits per heavy atom. The van der Waals surface area contributed by atoms with E-state index >= 15 is 0 Å². The Balaban J connectivity index is 1.99. The van der Waals surface area contributed by atoms with Gasteiger partial charge in [0.2, 0.25) is 5.97 Å². The molecule has 2 aromatic carbocycles. The Hall–Kier alpha value is -2.03. The van der Waals surface area contributed by atoms with Crippen LogP contribution in [0.2, 0.25) is 0 Å². The van der Waals surface area contributed by atoms with Gasteiger partial charge in [-0.2, -0.15) is 4.39 Å². The lowest BCUT2D eigenvalue weighted by atomic mass is 9.93. The van der Waals surface area contributed by atoms with Gasteiger partial charge in [0.1, 0.15) is 5.82 Å². The van der Waals surface area contributed by atoms with Crippen molar-refractivity contribution in [2.45, 2.75) is 12.5 Å². The van der Waals surface area contributed by atoms with E-state index in [1.807, 2.05) is 12.1 Å². The smallest absolute Gasteiger partial charge is 0.216 e. The Morgan fingerprint density at radius 2 is 1.67 bits per heavy atom. The van der Waals surface area contributed by atoms with E-state index in [2.05, 4.69) is 4.99 Å². The third-order valence-electron chi connectivity index (χ3n) is 3.18. The second-order valence-corrected chi connectivity index (χ2v) is 4.35. The van der Waals surface area contributed by atoms with Crippen LogP contribution in [0.25, 0.3) is 0 Å². The van der Waals surface area contributed by atoms with E-state index in [0.29, 0.717) is 12.0 Å². The van der Waals surface area contributed by atoms with Gasteiger partial charge in [-0.25, -0.2) is 9.38 Å². The van der Waals surface area contributed by atoms with Gasteiger partial charge >= 0.3 is 0 Å². The molecule has 2 aromatic rings. The van der Waals surface area contributed by atoms with Crippen molar-refractivity contribution in [3.63, 3.8) is 0 Å². The van der Waals surface area contributed by atoms with Crippen LogP contribution in [0.4, 0.5) is 8.78 Å². The van der Waals surface area contributed by atoms with Gasteiger partial charge in [-0.15, -0.1) is 0 Å². The zero-order valence-corrected chi connectivity index (χ0v) is 9.61. The first kappa shape index (κ1) is 11.1. The van der Waals surface area contributed by atoms with Crippen molar-refractivity contribution < 1.29 is 8.78 Å². The molecular formula is C15H11F2N. The Morgan fingerprint density at radius 3 is 2.44 bits per heavy atom. The zero-order chi connectivity index (χ0) is 12.5. The van der Waals surface area contributed by atoms with E-state index in [4.69, 9.17) is 0 Å². The van der Waals surface area contributed by atoms with Crippen LogP contribution in [0.3, 0.4) is 0 Å². The summed E-state index contributed by atoms with van der Waals surface area (Å²) in [6.45, 7) is 0. The summed E-state index contributed by atoms with van der Waals surface area (Å²) in [5, 5.41) is 0. The molecule has 0 amide bonds. The molecule has 0 saturated carbocycles. The lowest BCUT2D eigenvalue weighted by Gasteiger charge is -2.20. The summed E-state index contributed by atoms with van der Waals surface area (Å²) in [6.07, 6.45) is 0.648. The van der Waals surface area contributed by atoms with Crippen molar-refractivity contribution in [2.24, 2.45) is 4.99 Å². The van der Waals surface area contributed by atoms with Gasteiger partial charge in [0.25, 0.3) is 0 Å². The number of hydrogen-bond donors (Lipinski definition) is 0. The van der Waals surface area contributed by atoms with E-state index in [0.717, 1.165) is 11.1 Å². The third kappa shape index (κ3) is 1.92. The summed E-state index contributed by atoms with van der Waals surface area (Å²) in [4.78, 5) is 4.05. The molecule has 0 fully saturated rings. The largest absolute Gasteiger partial charge is 0.249 e. The van der Waals surface area contributed by atoms with Crippen molar-refractivity contribution in [1.29, 1.82) is 0 Å². The minimum absolute atomic E-state index is 0.263. The van der Waals surface area contributed by atoms with Crippen molar-refractivity contribution >= 4 is 5.97 Å². The van der Waals surface area contributed by atoms with Crippen LogP contribution in [-0.2, 0) is 6.42 Å². The predicted molar refractivity (Wildman–Crippen MR) is 66.9 cm³/mol. The first-order chi connectivity index (χ1) is 8.74. The van der Waals surface area contributed by atoms with Crippen LogP contribution >= 0.6 is 0 Å². The molecule has 3 heteroatoms. The number of halogens is 2. The topological polar surface area (TPSA) is 12.4 Å². The van der Waals surface area contributed by atoms with E-state index < -0.39 is 5.97 Å². The van der Waals surface area contributed by atoms with Crippen LogP contribution < -0.4 is 0 Å². The third-order valence-corrected chi connectivity index (χ3v) is 3.18. The van der Waals surface area contributed by atoms with Gasteiger partial charge < -0.3 is 0 Å². The Kier molecular flexibility index (Phi) is 2.67. The molecule has 0 saturated heterocycles. The Labute approximate surface area is 104 Å². The summed E-state index contributed by atoms with van der Waals surface area (Å²) < 4.78 is 26.7.